The monoisotopic (exact) mass is 516 g/mol. The lowest BCUT2D eigenvalue weighted by molar-refractivity contribution is 0.287. The summed E-state index contributed by atoms with van der Waals surface area (Å²) in [4.78, 5) is 8.91. The number of nitrogens with one attached hydrogen (secondary N) is 2. The van der Waals surface area contributed by atoms with Crippen molar-refractivity contribution in [2.45, 2.75) is 47.6 Å². The summed E-state index contributed by atoms with van der Waals surface area (Å²) in [5, 5.41) is 6.59. The second kappa shape index (κ2) is 13.3. The molecule has 0 aliphatic heterocycles. The van der Waals surface area contributed by atoms with Crippen molar-refractivity contribution in [3.05, 3.63) is 41.1 Å². The number of ether oxygens (including phenoxy) is 2. The molecular weight excluding hydrogens is 483 g/mol. The van der Waals surface area contributed by atoms with Crippen LogP contribution in [-0.2, 0) is 13.0 Å². The summed E-state index contributed by atoms with van der Waals surface area (Å²) in [6.45, 7) is 13.0. The predicted molar refractivity (Wildman–Crippen MR) is 127 cm³/mol. The van der Waals surface area contributed by atoms with E-state index in [0.29, 0.717) is 25.6 Å². The van der Waals surface area contributed by atoms with E-state index in [1.165, 1.54) is 5.56 Å². The molecule has 7 nitrogen and oxygen atoms in total. The molecule has 0 aliphatic rings. The van der Waals surface area contributed by atoms with E-state index >= 15 is 0 Å². The molecule has 0 saturated heterocycles. The predicted octanol–water partition coefficient (Wildman–Crippen LogP) is 4.00. The Bertz CT molecular complexity index is 758. The van der Waals surface area contributed by atoms with Gasteiger partial charge in [0, 0.05) is 13.1 Å². The summed E-state index contributed by atoms with van der Waals surface area (Å²) in [7, 11) is 0. The fraction of sp³-hybridized carbons (Fsp3) is 0.524. The average Bonchev–Trinajstić information content (AvgIpc) is 3.00. The summed E-state index contributed by atoms with van der Waals surface area (Å²) in [5.41, 5.74) is 2.08. The fourth-order valence-electron chi connectivity index (χ4n) is 2.67. The van der Waals surface area contributed by atoms with E-state index in [0.717, 1.165) is 48.4 Å². The number of benzene rings is 1. The molecule has 0 radical (unpaired) electrons. The van der Waals surface area contributed by atoms with Gasteiger partial charge in [-0.05, 0) is 58.7 Å². The molecule has 2 N–H and O–H groups in total. The Labute approximate surface area is 190 Å². The van der Waals surface area contributed by atoms with E-state index in [1.807, 2.05) is 46.8 Å². The van der Waals surface area contributed by atoms with Crippen molar-refractivity contribution in [3.8, 4) is 11.5 Å². The first-order valence-corrected chi connectivity index (χ1v) is 9.90. The Morgan fingerprint density at radius 1 is 1.07 bits per heavy atom. The van der Waals surface area contributed by atoms with Crippen LogP contribution in [-0.4, -0.2) is 37.2 Å². The zero-order valence-electron chi connectivity index (χ0n) is 18.0. The standard InChI is InChI=1S/C21H32N4O3.HI/c1-6-22-21(24-14-20-25-15(4)16(5)28-20)23-12-11-17-9-10-18(26-7-2)19(13-17)27-8-3;/h9-10,13H,6-8,11-12,14H2,1-5H3,(H2,22,23,24);1H. The maximum Gasteiger partial charge on any atom is 0.216 e. The Kier molecular flexibility index (Phi) is 11.5. The molecule has 0 fully saturated rings. The number of nitrogens with zero attached hydrogens (tertiary/aromatic N) is 2. The quantitative estimate of drug-likeness (QED) is 0.282. The van der Waals surface area contributed by atoms with Crippen LogP contribution in [0.1, 0.15) is 43.7 Å². The molecule has 162 valence electrons. The number of oxazole rings is 1. The first kappa shape index (κ1) is 25.1. The van der Waals surface area contributed by atoms with Crippen LogP contribution in [0.3, 0.4) is 0 Å². The van der Waals surface area contributed by atoms with Crippen molar-refractivity contribution in [2.24, 2.45) is 4.99 Å². The SMILES string of the molecule is CCNC(=NCc1nc(C)c(C)o1)NCCc1ccc(OCC)c(OCC)c1.I. The third kappa shape index (κ3) is 8.12. The Hall–Kier alpha value is -1.97. The summed E-state index contributed by atoms with van der Waals surface area (Å²) in [6.07, 6.45) is 0.841. The van der Waals surface area contributed by atoms with Crippen LogP contribution in [0, 0.1) is 13.8 Å². The molecule has 0 saturated carbocycles. The normalized spacial score (nSPS) is 11.0. The second-order valence-corrected chi connectivity index (χ2v) is 6.27. The minimum atomic E-state index is 0. The number of hydrogen-bond acceptors (Lipinski definition) is 5. The van der Waals surface area contributed by atoms with Gasteiger partial charge in [0.2, 0.25) is 5.89 Å². The smallest absolute Gasteiger partial charge is 0.216 e. The van der Waals surface area contributed by atoms with Crippen LogP contribution >= 0.6 is 24.0 Å². The van der Waals surface area contributed by atoms with Crippen molar-refractivity contribution < 1.29 is 13.9 Å². The number of hydrogen-bond donors (Lipinski definition) is 2. The number of halogens is 1. The van der Waals surface area contributed by atoms with E-state index < -0.39 is 0 Å². The van der Waals surface area contributed by atoms with Gasteiger partial charge in [-0.1, -0.05) is 6.07 Å². The number of guanidine groups is 1. The minimum Gasteiger partial charge on any atom is -0.490 e. The lowest BCUT2D eigenvalue weighted by Crippen LogP contribution is -2.38. The van der Waals surface area contributed by atoms with Gasteiger partial charge in [-0.15, -0.1) is 24.0 Å². The maximum absolute atomic E-state index is 5.70. The largest absolute Gasteiger partial charge is 0.490 e. The van der Waals surface area contributed by atoms with Crippen molar-refractivity contribution in [1.29, 1.82) is 0 Å². The molecule has 2 rings (SSSR count). The molecule has 1 aromatic carbocycles. The van der Waals surface area contributed by atoms with Gasteiger partial charge in [-0.3, -0.25) is 0 Å². The number of aromatic nitrogens is 1. The van der Waals surface area contributed by atoms with Gasteiger partial charge in [0.1, 0.15) is 12.3 Å². The second-order valence-electron chi connectivity index (χ2n) is 6.27. The number of aryl methyl sites for hydroxylation is 2. The van der Waals surface area contributed by atoms with Crippen molar-refractivity contribution in [3.63, 3.8) is 0 Å². The molecular formula is C21H33IN4O3. The van der Waals surface area contributed by atoms with Gasteiger partial charge in [0.25, 0.3) is 0 Å². The first-order valence-electron chi connectivity index (χ1n) is 9.90. The molecule has 0 amide bonds. The molecule has 1 heterocycles. The number of aliphatic imine (C=N–C) groups is 1. The molecule has 0 spiro atoms. The topological polar surface area (TPSA) is 80.9 Å². The first-order chi connectivity index (χ1) is 13.6. The summed E-state index contributed by atoms with van der Waals surface area (Å²) < 4.78 is 16.9. The maximum atomic E-state index is 5.70. The van der Waals surface area contributed by atoms with Crippen molar-refractivity contribution in [1.82, 2.24) is 15.6 Å². The molecule has 0 atom stereocenters. The summed E-state index contributed by atoms with van der Waals surface area (Å²) in [5.74, 6) is 3.78. The highest BCUT2D eigenvalue weighted by Gasteiger charge is 2.08. The molecule has 0 unspecified atom stereocenters. The van der Waals surface area contributed by atoms with Crippen LogP contribution in [0.25, 0.3) is 0 Å². The molecule has 8 heteroatoms. The van der Waals surface area contributed by atoms with Crippen molar-refractivity contribution in [2.75, 3.05) is 26.3 Å². The van der Waals surface area contributed by atoms with Crippen molar-refractivity contribution >= 4 is 29.9 Å². The Morgan fingerprint density at radius 2 is 1.79 bits per heavy atom. The van der Waals surface area contributed by atoms with E-state index in [1.54, 1.807) is 0 Å². The van der Waals surface area contributed by atoms with Crippen LogP contribution < -0.4 is 20.1 Å². The summed E-state index contributed by atoms with van der Waals surface area (Å²) in [6, 6.07) is 6.08. The highest BCUT2D eigenvalue weighted by molar-refractivity contribution is 14.0. The van der Waals surface area contributed by atoms with Gasteiger partial charge in [-0.2, -0.15) is 0 Å². The van der Waals surface area contributed by atoms with Crippen LogP contribution in [0.15, 0.2) is 27.6 Å². The van der Waals surface area contributed by atoms with Gasteiger partial charge in [-0.25, -0.2) is 9.98 Å². The third-order valence-corrected chi connectivity index (χ3v) is 4.10. The summed E-state index contributed by atoms with van der Waals surface area (Å²) >= 11 is 0. The van der Waals surface area contributed by atoms with E-state index in [2.05, 4.69) is 26.7 Å². The number of rotatable bonds is 10. The zero-order chi connectivity index (χ0) is 20.4. The lowest BCUT2D eigenvalue weighted by Gasteiger charge is -2.14. The lowest BCUT2D eigenvalue weighted by atomic mass is 10.1. The van der Waals surface area contributed by atoms with E-state index in [4.69, 9.17) is 13.9 Å². The van der Waals surface area contributed by atoms with Crippen LogP contribution in [0.5, 0.6) is 11.5 Å². The van der Waals surface area contributed by atoms with Gasteiger partial charge in [0.05, 0.1) is 18.9 Å². The molecule has 1 aromatic heterocycles. The molecule has 2 aromatic rings. The molecule has 0 aliphatic carbocycles. The zero-order valence-corrected chi connectivity index (χ0v) is 20.3. The Balaban J connectivity index is 0.00000420. The van der Waals surface area contributed by atoms with E-state index in [9.17, 15) is 0 Å². The Morgan fingerprint density at radius 3 is 2.41 bits per heavy atom. The van der Waals surface area contributed by atoms with Gasteiger partial charge >= 0.3 is 0 Å². The molecule has 29 heavy (non-hydrogen) atoms. The highest BCUT2D eigenvalue weighted by atomic mass is 127. The average molecular weight is 516 g/mol. The fourth-order valence-corrected chi connectivity index (χ4v) is 2.67. The molecule has 0 bridgehead atoms. The van der Waals surface area contributed by atoms with Crippen LogP contribution in [0.4, 0.5) is 0 Å². The highest BCUT2D eigenvalue weighted by Crippen LogP contribution is 2.28. The van der Waals surface area contributed by atoms with Gasteiger partial charge < -0.3 is 24.5 Å². The van der Waals surface area contributed by atoms with E-state index in [-0.39, 0.29) is 24.0 Å². The minimum absolute atomic E-state index is 0. The third-order valence-electron chi connectivity index (χ3n) is 4.10. The van der Waals surface area contributed by atoms with Gasteiger partial charge in [0.15, 0.2) is 17.5 Å². The van der Waals surface area contributed by atoms with Crippen LogP contribution in [0.2, 0.25) is 0 Å².